The van der Waals surface area contributed by atoms with Gasteiger partial charge in [-0.2, -0.15) is 5.10 Å². The van der Waals surface area contributed by atoms with Crippen molar-refractivity contribution in [3.63, 3.8) is 0 Å². The summed E-state index contributed by atoms with van der Waals surface area (Å²) in [7, 11) is 0. The Morgan fingerprint density at radius 1 is 1.08 bits per heavy atom. The Labute approximate surface area is 157 Å². The summed E-state index contributed by atoms with van der Waals surface area (Å²) in [5.74, 6) is 0.646. The number of aromatic nitrogens is 4. The molecule has 1 atom stereocenters. The molecule has 6 heteroatoms. The number of hydrogen-bond acceptors (Lipinski definition) is 4. The van der Waals surface area contributed by atoms with E-state index in [4.69, 9.17) is 11.6 Å². The van der Waals surface area contributed by atoms with Crippen LogP contribution in [0.25, 0.3) is 5.95 Å². The minimum absolute atomic E-state index is 0.0319. The van der Waals surface area contributed by atoms with Gasteiger partial charge in [0.05, 0.1) is 17.0 Å². The molecular weight excluding hydrogens is 348 g/mol. The summed E-state index contributed by atoms with van der Waals surface area (Å²) in [5, 5.41) is 5.28. The van der Waals surface area contributed by atoms with E-state index in [1.807, 2.05) is 51.1 Å². The van der Waals surface area contributed by atoms with Crippen LogP contribution in [0, 0.1) is 20.8 Å². The summed E-state index contributed by atoms with van der Waals surface area (Å²) < 4.78 is 1.73. The molecule has 1 aliphatic carbocycles. The van der Waals surface area contributed by atoms with Crippen molar-refractivity contribution in [2.24, 2.45) is 0 Å². The number of carbonyl (C=O) groups excluding carboxylic acids is 1. The molecule has 0 radical (unpaired) electrons. The summed E-state index contributed by atoms with van der Waals surface area (Å²) in [6, 6.07) is 9.64. The molecule has 132 valence electrons. The largest absolute Gasteiger partial charge is 0.294 e. The van der Waals surface area contributed by atoms with Gasteiger partial charge in [0.15, 0.2) is 5.78 Å². The van der Waals surface area contributed by atoms with Crippen LogP contribution in [0.5, 0.6) is 0 Å². The van der Waals surface area contributed by atoms with Crippen LogP contribution in [0.4, 0.5) is 0 Å². The lowest BCUT2D eigenvalue weighted by molar-refractivity contribution is 0.0963. The van der Waals surface area contributed by atoms with Crippen molar-refractivity contribution in [3.05, 3.63) is 69.3 Å². The molecule has 2 aromatic heterocycles. The predicted molar refractivity (Wildman–Crippen MR) is 100 cm³/mol. The molecule has 0 saturated heterocycles. The summed E-state index contributed by atoms with van der Waals surface area (Å²) >= 11 is 6.38. The SMILES string of the molecule is Cc1cc(C)nc(-n2nc(C)c3c2CC(c2ccccc2Cl)CC3=O)n1. The minimum Gasteiger partial charge on any atom is -0.294 e. The summed E-state index contributed by atoms with van der Waals surface area (Å²) in [6.45, 7) is 5.73. The molecular formula is C20H19ClN4O. The first-order valence-electron chi connectivity index (χ1n) is 8.63. The van der Waals surface area contributed by atoms with E-state index in [1.165, 1.54) is 0 Å². The number of nitrogens with zero attached hydrogens (tertiary/aromatic N) is 4. The fourth-order valence-electron chi connectivity index (χ4n) is 3.75. The van der Waals surface area contributed by atoms with E-state index in [0.717, 1.165) is 28.3 Å². The lowest BCUT2D eigenvalue weighted by Crippen LogP contribution is -2.21. The molecule has 1 unspecified atom stereocenters. The van der Waals surface area contributed by atoms with Crippen molar-refractivity contribution in [2.75, 3.05) is 0 Å². The van der Waals surface area contributed by atoms with Crippen LogP contribution in [0.2, 0.25) is 5.02 Å². The van der Waals surface area contributed by atoms with Crippen molar-refractivity contribution in [2.45, 2.75) is 39.5 Å². The molecule has 0 N–H and O–H groups in total. The van der Waals surface area contributed by atoms with Gasteiger partial charge in [-0.05, 0) is 50.8 Å². The first-order chi connectivity index (χ1) is 12.4. The third-order valence-corrected chi connectivity index (χ3v) is 5.16. The molecule has 0 saturated carbocycles. The van der Waals surface area contributed by atoms with E-state index in [-0.39, 0.29) is 11.7 Å². The maximum atomic E-state index is 12.8. The Hall–Kier alpha value is -2.53. The number of rotatable bonds is 2. The van der Waals surface area contributed by atoms with Crippen molar-refractivity contribution < 1.29 is 4.79 Å². The van der Waals surface area contributed by atoms with E-state index in [2.05, 4.69) is 15.1 Å². The first-order valence-corrected chi connectivity index (χ1v) is 9.00. The van der Waals surface area contributed by atoms with E-state index in [1.54, 1.807) is 4.68 Å². The zero-order valence-corrected chi connectivity index (χ0v) is 15.7. The van der Waals surface area contributed by atoms with Gasteiger partial charge in [-0.25, -0.2) is 14.6 Å². The van der Waals surface area contributed by atoms with Crippen LogP contribution in [0.3, 0.4) is 0 Å². The Kier molecular flexibility index (Phi) is 4.11. The van der Waals surface area contributed by atoms with E-state index in [0.29, 0.717) is 29.4 Å². The van der Waals surface area contributed by atoms with Gasteiger partial charge in [-0.1, -0.05) is 29.8 Å². The Balaban J connectivity index is 1.84. The fourth-order valence-corrected chi connectivity index (χ4v) is 4.04. The number of carbonyl (C=O) groups is 1. The van der Waals surface area contributed by atoms with Crippen LogP contribution in [0.15, 0.2) is 30.3 Å². The highest BCUT2D eigenvalue weighted by atomic mass is 35.5. The number of ketones is 1. The second-order valence-electron chi connectivity index (χ2n) is 6.82. The van der Waals surface area contributed by atoms with Crippen molar-refractivity contribution in [1.29, 1.82) is 0 Å². The number of aryl methyl sites for hydroxylation is 3. The summed E-state index contributed by atoms with van der Waals surface area (Å²) in [6.07, 6.45) is 1.12. The molecule has 0 aliphatic heterocycles. The molecule has 0 spiro atoms. The van der Waals surface area contributed by atoms with Gasteiger partial charge in [-0.15, -0.1) is 0 Å². The second kappa shape index (κ2) is 6.32. The average molecular weight is 367 g/mol. The molecule has 5 nitrogen and oxygen atoms in total. The third-order valence-electron chi connectivity index (χ3n) is 4.81. The molecule has 0 amide bonds. The molecule has 1 aliphatic rings. The predicted octanol–water partition coefficient (Wildman–Crippen LogP) is 4.15. The van der Waals surface area contributed by atoms with E-state index >= 15 is 0 Å². The minimum atomic E-state index is 0.0319. The lowest BCUT2D eigenvalue weighted by Gasteiger charge is -2.23. The van der Waals surface area contributed by atoms with Crippen LogP contribution >= 0.6 is 11.6 Å². The Morgan fingerprint density at radius 2 is 1.77 bits per heavy atom. The maximum absolute atomic E-state index is 12.8. The van der Waals surface area contributed by atoms with E-state index in [9.17, 15) is 4.79 Å². The molecule has 26 heavy (non-hydrogen) atoms. The average Bonchev–Trinajstić information content (AvgIpc) is 2.91. The van der Waals surface area contributed by atoms with Gasteiger partial charge in [0.1, 0.15) is 0 Å². The summed E-state index contributed by atoms with van der Waals surface area (Å²) in [4.78, 5) is 21.9. The van der Waals surface area contributed by atoms with Crippen molar-refractivity contribution in [3.8, 4) is 5.95 Å². The molecule has 4 rings (SSSR count). The highest BCUT2D eigenvalue weighted by Gasteiger charge is 2.33. The topological polar surface area (TPSA) is 60.7 Å². The van der Waals surface area contributed by atoms with Crippen LogP contribution in [0.1, 0.15) is 51.0 Å². The number of Topliss-reactive ketones (excluding diaryl/α,β-unsaturated/α-hetero) is 1. The van der Waals surface area contributed by atoms with Gasteiger partial charge in [0, 0.05) is 22.8 Å². The number of benzene rings is 1. The zero-order valence-electron chi connectivity index (χ0n) is 15.0. The number of hydrogen-bond donors (Lipinski definition) is 0. The normalized spacial score (nSPS) is 16.6. The van der Waals surface area contributed by atoms with Gasteiger partial charge >= 0.3 is 0 Å². The number of fused-ring (bicyclic) bond motifs is 1. The van der Waals surface area contributed by atoms with Crippen molar-refractivity contribution in [1.82, 2.24) is 19.7 Å². The standard InChI is InChI=1S/C20H19ClN4O/c1-11-8-12(2)23-20(22-11)25-17-9-14(15-6-4-5-7-16(15)21)10-18(26)19(17)13(3)24-25/h4-8,14H,9-10H2,1-3H3. The van der Waals surface area contributed by atoms with Crippen LogP contribution in [-0.2, 0) is 6.42 Å². The molecule has 1 aromatic carbocycles. The van der Waals surface area contributed by atoms with Gasteiger partial charge in [0.25, 0.3) is 5.95 Å². The molecule has 2 heterocycles. The summed E-state index contributed by atoms with van der Waals surface area (Å²) in [5.41, 5.74) is 5.05. The Bertz CT molecular complexity index is 1000. The van der Waals surface area contributed by atoms with E-state index < -0.39 is 0 Å². The Morgan fingerprint density at radius 3 is 2.46 bits per heavy atom. The fraction of sp³-hybridized carbons (Fsp3) is 0.300. The van der Waals surface area contributed by atoms with Gasteiger partial charge in [-0.3, -0.25) is 4.79 Å². The quantitative estimate of drug-likeness (QED) is 0.683. The zero-order chi connectivity index (χ0) is 18.4. The molecule has 0 bridgehead atoms. The molecule has 0 fully saturated rings. The first kappa shape index (κ1) is 16.9. The highest BCUT2D eigenvalue weighted by Crippen LogP contribution is 2.37. The number of halogens is 1. The monoisotopic (exact) mass is 366 g/mol. The maximum Gasteiger partial charge on any atom is 0.251 e. The third kappa shape index (κ3) is 2.82. The second-order valence-corrected chi connectivity index (χ2v) is 7.23. The van der Waals surface area contributed by atoms with Crippen LogP contribution < -0.4 is 0 Å². The van der Waals surface area contributed by atoms with Gasteiger partial charge < -0.3 is 0 Å². The lowest BCUT2D eigenvalue weighted by atomic mass is 9.81. The van der Waals surface area contributed by atoms with Crippen LogP contribution in [-0.4, -0.2) is 25.5 Å². The molecule has 3 aromatic rings. The van der Waals surface area contributed by atoms with Gasteiger partial charge in [0.2, 0.25) is 0 Å². The smallest absolute Gasteiger partial charge is 0.251 e. The highest BCUT2D eigenvalue weighted by molar-refractivity contribution is 6.31. The van der Waals surface area contributed by atoms with Crippen molar-refractivity contribution >= 4 is 17.4 Å².